The van der Waals surface area contributed by atoms with Crippen LogP contribution in [0.15, 0.2) is 24.3 Å². The van der Waals surface area contributed by atoms with Gasteiger partial charge in [-0.25, -0.2) is 0 Å². The van der Waals surface area contributed by atoms with Gasteiger partial charge in [-0.1, -0.05) is 72.8 Å². The van der Waals surface area contributed by atoms with Crippen molar-refractivity contribution in [1.29, 1.82) is 0 Å². The average molecular weight is 429 g/mol. The van der Waals surface area contributed by atoms with Gasteiger partial charge in [0, 0.05) is 5.92 Å². The van der Waals surface area contributed by atoms with Crippen LogP contribution in [0.25, 0.3) is 0 Å². The molecule has 0 aromatic heterocycles. The Bertz CT molecular complexity index is 511. The molecule has 0 unspecified atom stereocenters. The Labute approximate surface area is 177 Å². The molecule has 3 atom stereocenters. The third-order valence-corrected chi connectivity index (χ3v) is 15.6. The molecule has 0 aliphatic rings. The molecule has 0 aromatic rings. The summed E-state index contributed by atoms with van der Waals surface area (Å²) in [5, 5.41) is 9.49. The highest BCUT2D eigenvalue weighted by Gasteiger charge is 2.43. The number of aliphatic hydroxyl groups excluding tert-OH is 1. The molecule has 0 aliphatic carbocycles. The first-order valence-corrected chi connectivity index (χ1v) is 16.6. The summed E-state index contributed by atoms with van der Waals surface area (Å²) in [6.45, 7) is 27.3. The lowest BCUT2D eigenvalue weighted by molar-refractivity contribution is 0.0588. The fourth-order valence-corrected chi connectivity index (χ4v) is 5.22. The highest BCUT2D eigenvalue weighted by atomic mass is 28.4. The predicted octanol–water partition coefficient (Wildman–Crippen LogP) is 6.92. The molecule has 0 heterocycles. The van der Waals surface area contributed by atoms with Gasteiger partial charge in [0.25, 0.3) is 0 Å². The minimum atomic E-state index is -1.92. The van der Waals surface area contributed by atoms with E-state index in [1.165, 1.54) is 0 Å². The van der Waals surface area contributed by atoms with Crippen LogP contribution in [0.3, 0.4) is 0 Å². The fraction of sp³-hybridized carbons (Fsp3) is 0.826. The standard InChI is InChI=1S/C23H48O3Si2/c1-13-16-20(25-27(9,10)22(3,4)5)19(2)21(17-14-15-18-24)26-28(11,12)23(6,7)8/h13-16,19-21,24H,17-18H2,1-12H3/b15-14+,16-13+/t19-,20+,21+/m0/s1. The molecule has 0 radical (unpaired) electrons. The van der Waals surface area contributed by atoms with E-state index in [-0.39, 0.29) is 34.8 Å². The van der Waals surface area contributed by atoms with Crippen LogP contribution < -0.4 is 0 Å². The van der Waals surface area contributed by atoms with E-state index >= 15 is 0 Å². The minimum Gasteiger partial charge on any atom is -0.413 e. The van der Waals surface area contributed by atoms with Crippen molar-refractivity contribution in [2.24, 2.45) is 5.92 Å². The molecule has 0 bridgehead atoms. The van der Waals surface area contributed by atoms with E-state index in [2.05, 4.69) is 93.7 Å². The third kappa shape index (κ3) is 8.27. The van der Waals surface area contributed by atoms with Crippen molar-refractivity contribution in [3.63, 3.8) is 0 Å². The fourth-order valence-electron chi connectivity index (χ4n) is 2.47. The number of rotatable bonds is 10. The lowest BCUT2D eigenvalue weighted by atomic mass is 9.95. The largest absolute Gasteiger partial charge is 0.413 e. The van der Waals surface area contributed by atoms with Crippen molar-refractivity contribution >= 4 is 16.6 Å². The molecule has 0 spiro atoms. The van der Waals surface area contributed by atoms with Crippen LogP contribution in [0.2, 0.25) is 36.3 Å². The van der Waals surface area contributed by atoms with Crippen molar-refractivity contribution in [1.82, 2.24) is 0 Å². The quantitative estimate of drug-likeness (QED) is 0.303. The summed E-state index contributed by atoms with van der Waals surface area (Å²) in [4.78, 5) is 0. The summed E-state index contributed by atoms with van der Waals surface area (Å²) in [6, 6.07) is 0. The zero-order chi connectivity index (χ0) is 22.4. The Morgan fingerprint density at radius 1 is 0.857 bits per heavy atom. The first kappa shape index (κ1) is 27.8. The Hall–Kier alpha value is -0.206. The summed E-state index contributed by atoms with van der Waals surface area (Å²) in [6.07, 6.45) is 9.05. The normalized spacial score (nSPS) is 18.0. The molecule has 166 valence electrons. The molecule has 0 fully saturated rings. The van der Waals surface area contributed by atoms with Crippen molar-refractivity contribution < 1.29 is 14.0 Å². The molecule has 0 rings (SSSR count). The van der Waals surface area contributed by atoms with Crippen molar-refractivity contribution in [2.45, 2.75) is 110 Å². The first-order valence-electron chi connectivity index (χ1n) is 10.7. The maximum absolute atomic E-state index is 9.17. The van der Waals surface area contributed by atoms with E-state index in [1.807, 2.05) is 12.2 Å². The Morgan fingerprint density at radius 3 is 1.71 bits per heavy atom. The molecule has 0 saturated heterocycles. The van der Waals surface area contributed by atoms with Crippen LogP contribution in [0.1, 0.15) is 61.8 Å². The summed E-state index contributed by atoms with van der Waals surface area (Å²) in [7, 11) is -3.82. The van der Waals surface area contributed by atoms with Crippen LogP contribution in [0.4, 0.5) is 0 Å². The molecule has 3 nitrogen and oxygen atoms in total. The van der Waals surface area contributed by atoms with Gasteiger partial charge in [-0.15, -0.1) is 0 Å². The number of hydrogen-bond donors (Lipinski definition) is 1. The summed E-state index contributed by atoms with van der Waals surface area (Å²) in [5.41, 5.74) is 0. The van der Waals surface area contributed by atoms with Gasteiger partial charge < -0.3 is 14.0 Å². The van der Waals surface area contributed by atoms with Gasteiger partial charge in [0.15, 0.2) is 16.6 Å². The van der Waals surface area contributed by atoms with E-state index in [0.29, 0.717) is 0 Å². The highest BCUT2D eigenvalue weighted by Crippen LogP contribution is 2.41. The van der Waals surface area contributed by atoms with Crippen molar-refractivity contribution in [2.75, 3.05) is 6.61 Å². The molecule has 1 N–H and O–H groups in total. The van der Waals surface area contributed by atoms with Crippen molar-refractivity contribution in [3.8, 4) is 0 Å². The van der Waals surface area contributed by atoms with Crippen LogP contribution in [0.5, 0.6) is 0 Å². The monoisotopic (exact) mass is 428 g/mol. The average Bonchev–Trinajstić information content (AvgIpc) is 2.50. The molecular formula is C23H48O3Si2. The van der Waals surface area contributed by atoms with Crippen molar-refractivity contribution in [3.05, 3.63) is 24.3 Å². The smallest absolute Gasteiger partial charge is 0.192 e. The number of allylic oxidation sites excluding steroid dienone is 1. The number of aliphatic hydroxyl groups is 1. The van der Waals surface area contributed by atoms with Gasteiger partial charge >= 0.3 is 0 Å². The second-order valence-electron chi connectivity index (χ2n) is 11.0. The van der Waals surface area contributed by atoms with Gasteiger partial charge in [-0.05, 0) is 49.6 Å². The Kier molecular flexibility index (Phi) is 10.6. The summed E-state index contributed by atoms with van der Waals surface area (Å²) < 4.78 is 13.7. The summed E-state index contributed by atoms with van der Waals surface area (Å²) in [5.74, 6) is 0.225. The second-order valence-corrected chi connectivity index (χ2v) is 20.5. The second kappa shape index (κ2) is 10.7. The zero-order valence-corrected chi connectivity index (χ0v) is 22.7. The Balaban J connectivity index is 5.77. The maximum atomic E-state index is 9.17. The van der Waals surface area contributed by atoms with Crippen LogP contribution >= 0.6 is 0 Å². The molecule has 0 aromatic carbocycles. The van der Waals surface area contributed by atoms with Crippen LogP contribution in [0, 0.1) is 5.92 Å². The molecule has 0 amide bonds. The first-order chi connectivity index (χ1) is 12.5. The van der Waals surface area contributed by atoms with Gasteiger partial charge in [-0.3, -0.25) is 0 Å². The predicted molar refractivity (Wildman–Crippen MR) is 129 cm³/mol. The minimum absolute atomic E-state index is 0.0307. The highest BCUT2D eigenvalue weighted by molar-refractivity contribution is 6.74. The van der Waals surface area contributed by atoms with Gasteiger partial charge in [0.2, 0.25) is 0 Å². The topological polar surface area (TPSA) is 38.7 Å². The van der Waals surface area contributed by atoms with Gasteiger partial charge in [0.05, 0.1) is 18.8 Å². The van der Waals surface area contributed by atoms with E-state index < -0.39 is 16.6 Å². The third-order valence-electron chi connectivity index (χ3n) is 6.62. The van der Waals surface area contributed by atoms with E-state index in [9.17, 15) is 0 Å². The zero-order valence-electron chi connectivity index (χ0n) is 20.7. The maximum Gasteiger partial charge on any atom is 0.192 e. The van der Waals surface area contributed by atoms with Crippen LogP contribution in [-0.4, -0.2) is 40.6 Å². The van der Waals surface area contributed by atoms with Gasteiger partial charge in [-0.2, -0.15) is 0 Å². The molecular weight excluding hydrogens is 380 g/mol. The van der Waals surface area contributed by atoms with Crippen LogP contribution in [-0.2, 0) is 8.85 Å². The van der Waals surface area contributed by atoms with Gasteiger partial charge in [0.1, 0.15) is 0 Å². The molecule has 0 aliphatic heterocycles. The van der Waals surface area contributed by atoms with E-state index in [1.54, 1.807) is 0 Å². The molecule has 28 heavy (non-hydrogen) atoms. The van der Waals surface area contributed by atoms with E-state index in [0.717, 1.165) is 6.42 Å². The van der Waals surface area contributed by atoms with E-state index in [4.69, 9.17) is 14.0 Å². The lowest BCUT2D eigenvalue weighted by Crippen LogP contribution is -2.50. The Morgan fingerprint density at radius 2 is 1.32 bits per heavy atom. The molecule has 5 heteroatoms. The lowest BCUT2D eigenvalue weighted by Gasteiger charge is -2.44. The SMILES string of the molecule is C/C=C/[C@@H](O[Si](C)(C)C(C)(C)C)[C@H](C)[C@@H](C/C=C/CO)O[Si](C)(C)C(C)(C)C. The molecule has 0 saturated carbocycles. The summed E-state index contributed by atoms with van der Waals surface area (Å²) >= 11 is 0. The number of hydrogen-bond acceptors (Lipinski definition) is 3.